The summed E-state index contributed by atoms with van der Waals surface area (Å²) in [5.41, 5.74) is 3.07. The van der Waals surface area contributed by atoms with Gasteiger partial charge < -0.3 is 15.2 Å². The first kappa shape index (κ1) is 21.9. The molecule has 8 heteroatoms. The topological polar surface area (TPSA) is 87.5 Å². The van der Waals surface area contributed by atoms with E-state index in [-0.39, 0.29) is 5.75 Å². The molecule has 0 spiro atoms. The number of para-hydroxylation sites is 1. The summed E-state index contributed by atoms with van der Waals surface area (Å²) in [4.78, 5) is 4.26. The van der Waals surface area contributed by atoms with E-state index in [9.17, 15) is 8.42 Å². The van der Waals surface area contributed by atoms with Gasteiger partial charge in [0, 0.05) is 38.4 Å². The molecule has 1 aromatic heterocycles. The summed E-state index contributed by atoms with van der Waals surface area (Å²) in [6.07, 6.45) is 3.11. The summed E-state index contributed by atoms with van der Waals surface area (Å²) in [6, 6.07) is 18.1. The molecule has 3 N–H and O–H groups in total. The van der Waals surface area contributed by atoms with Crippen LogP contribution in [0.15, 0.2) is 65.8 Å². The predicted octanol–water partition coefficient (Wildman–Crippen LogP) is 2.45. The Labute approximate surface area is 178 Å². The molecule has 0 saturated heterocycles. The minimum atomic E-state index is -3.25. The first-order chi connectivity index (χ1) is 14.5. The van der Waals surface area contributed by atoms with Crippen molar-refractivity contribution in [3.05, 3.63) is 71.9 Å². The number of guanidine groups is 1. The summed E-state index contributed by atoms with van der Waals surface area (Å²) < 4.78 is 27.8. The molecule has 0 fully saturated rings. The van der Waals surface area contributed by atoms with Crippen molar-refractivity contribution in [2.45, 2.75) is 25.3 Å². The molecule has 7 nitrogen and oxygen atoms in total. The Balaban J connectivity index is 1.42. The third-order valence-corrected chi connectivity index (χ3v) is 6.26. The van der Waals surface area contributed by atoms with Gasteiger partial charge in [0.2, 0.25) is 10.0 Å². The highest BCUT2D eigenvalue weighted by Gasteiger charge is 2.08. The van der Waals surface area contributed by atoms with Gasteiger partial charge in [-0.2, -0.15) is 0 Å². The second-order valence-electron chi connectivity index (χ2n) is 7.05. The van der Waals surface area contributed by atoms with Gasteiger partial charge in [0.1, 0.15) is 0 Å². The summed E-state index contributed by atoms with van der Waals surface area (Å²) >= 11 is 0. The van der Waals surface area contributed by atoms with Crippen LogP contribution in [0.25, 0.3) is 10.9 Å². The SMILES string of the molecule is CN=C(NCCCn1ccc2ccccc21)NCc1ccc(CS(=O)(=O)NC)cc1. The van der Waals surface area contributed by atoms with Gasteiger partial charge in [-0.3, -0.25) is 4.99 Å². The molecule has 0 amide bonds. The quantitative estimate of drug-likeness (QED) is 0.278. The lowest BCUT2D eigenvalue weighted by Crippen LogP contribution is -2.37. The molecule has 160 valence electrons. The zero-order valence-corrected chi connectivity index (χ0v) is 18.2. The van der Waals surface area contributed by atoms with Crippen LogP contribution in [0.1, 0.15) is 17.5 Å². The maximum atomic E-state index is 11.6. The highest BCUT2D eigenvalue weighted by molar-refractivity contribution is 7.88. The molecule has 0 bridgehead atoms. The monoisotopic (exact) mass is 427 g/mol. The van der Waals surface area contributed by atoms with Crippen LogP contribution < -0.4 is 15.4 Å². The molecule has 1 heterocycles. The molecule has 0 saturated carbocycles. The first-order valence-corrected chi connectivity index (χ1v) is 11.6. The normalized spacial score (nSPS) is 12.3. The maximum Gasteiger partial charge on any atom is 0.215 e. The Hall–Kier alpha value is -2.84. The highest BCUT2D eigenvalue weighted by atomic mass is 32.2. The van der Waals surface area contributed by atoms with Crippen LogP contribution in [-0.2, 0) is 28.9 Å². The van der Waals surface area contributed by atoms with Gasteiger partial charge in [0.25, 0.3) is 0 Å². The smallest absolute Gasteiger partial charge is 0.215 e. The van der Waals surface area contributed by atoms with Gasteiger partial charge >= 0.3 is 0 Å². The van der Waals surface area contributed by atoms with Gasteiger partial charge in [0.05, 0.1) is 5.75 Å². The van der Waals surface area contributed by atoms with Gasteiger partial charge in [0.15, 0.2) is 5.96 Å². The predicted molar refractivity (Wildman–Crippen MR) is 123 cm³/mol. The van der Waals surface area contributed by atoms with Crippen molar-refractivity contribution in [2.24, 2.45) is 4.99 Å². The van der Waals surface area contributed by atoms with Crippen molar-refractivity contribution < 1.29 is 8.42 Å². The minimum Gasteiger partial charge on any atom is -0.356 e. The highest BCUT2D eigenvalue weighted by Crippen LogP contribution is 2.15. The molecule has 0 unspecified atom stereocenters. The molecule has 0 radical (unpaired) electrons. The Kier molecular flexibility index (Phi) is 7.48. The fraction of sp³-hybridized carbons (Fsp3) is 0.318. The lowest BCUT2D eigenvalue weighted by atomic mass is 10.1. The second kappa shape index (κ2) is 10.3. The van der Waals surface area contributed by atoms with Crippen molar-refractivity contribution in [1.82, 2.24) is 19.9 Å². The Morgan fingerprint density at radius 2 is 1.73 bits per heavy atom. The molecule has 0 atom stereocenters. The van der Waals surface area contributed by atoms with Crippen molar-refractivity contribution in [2.75, 3.05) is 20.6 Å². The first-order valence-electron chi connectivity index (χ1n) is 9.98. The zero-order valence-electron chi connectivity index (χ0n) is 17.4. The number of aryl methyl sites for hydroxylation is 1. The Bertz CT molecular complexity index is 1090. The third kappa shape index (κ3) is 6.08. The number of aliphatic imine (C=N–C) groups is 1. The Morgan fingerprint density at radius 1 is 1.00 bits per heavy atom. The number of fused-ring (bicyclic) bond motifs is 1. The van der Waals surface area contributed by atoms with Crippen molar-refractivity contribution in [3.63, 3.8) is 0 Å². The van der Waals surface area contributed by atoms with E-state index in [2.05, 4.69) is 61.4 Å². The number of sulfonamides is 1. The molecular formula is C22H29N5O2S. The number of hydrogen-bond acceptors (Lipinski definition) is 3. The third-order valence-electron chi connectivity index (χ3n) is 4.92. The van der Waals surface area contributed by atoms with E-state index in [1.54, 1.807) is 7.05 Å². The fourth-order valence-electron chi connectivity index (χ4n) is 3.24. The molecule has 0 aliphatic heterocycles. The number of nitrogens with zero attached hydrogens (tertiary/aromatic N) is 2. The van der Waals surface area contributed by atoms with Crippen LogP contribution in [-0.4, -0.2) is 39.6 Å². The van der Waals surface area contributed by atoms with Crippen molar-refractivity contribution in [1.29, 1.82) is 0 Å². The van der Waals surface area contributed by atoms with E-state index in [1.807, 2.05) is 24.3 Å². The van der Waals surface area contributed by atoms with Crippen LogP contribution in [0.5, 0.6) is 0 Å². The van der Waals surface area contributed by atoms with E-state index in [0.29, 0.717) is 6.54 Å². The second-order valence-corrected chi connectivity index (χ2v) is 8.98. The average Bonchev–Trinajstić information content (AvgIpc) is 3.17. The molecule has 0 aliphatic carbocycles. The maximum absolute atomic E-state index is 11.6. The Morgan fingerprint density at radius 3 is 2.47 bits per heavy atom. The standard InChI is InChI=1S/C22H29N5O2S/c1-23-22(25-13-5-14-27-15-12-20-6-3-4-7-21(20)27)26-16-18-8-10-19(11-9-18)17-30(28,29)24-2/h3-4,6-12,15,24H,5,13-14,16-17H2,1-2H3,(H2,23,25,26). The molecule has 3 rings (SSSR count). The zero-order chi connectivity index (χ0) is 21.4. The van der Waals surface area contributed by atoms with Crippen molar-refractivity contribution in [3.8, 4) is 0 Å². The number of aromatic nitrogens is 1. The van der Waals surface area contributed by atoms with Crippen LogP contribution in [0.4, 0.5) is 0 Å². The molecule has 3 aromatic rings. The fourth-order valence-corrected chi connectivity index (χ4v) is 4.02. The van der Waals surface area contributed by atoms with Gasteiger partial charge in [-0.15, -0.1) is 0 Å². The lowest BCUT2D eigenvalue weighted by molar-refractivity contribution is 0.587. The van der Waals surface area contributed by atoms with Crippen molar-refractivity contribution >= 4 is 26.9 Å². The van der Waals surface area contributed by atoms with E-state index in [0.717, 1.165) is 36.6 Å². The van der Waals surface area contributed by atoms with Crippen LogP contribution in [0.3, 0.4) is 0 Å². The van der Waals surface area contributed by atoms with Crippen LogP contribution in [0.2, 0.25) is 0 Å². The summed E-state index contributed by atoms with van der Waals surface area (Å²) in [5, 5.41) is 7.89. The van der Waals surface area contributed by atoms with E-state index >= 15 is 0 Å². The summed E-state index contributed by atoms with van der Waals surface area (Å²) in [6.45, 7) is 2.36. The number of nitrogens with one attached hydrogen (secondary N) is 3. The molecule has 30 heavy (non-hydrogen) atoms. The molecule has 2 aromatic carbocycles. The van der Waals surface area contributed by atoms with E-state index in [1.165, 1.54) is 18.0 Å². The average molecular weight is 428 g/mol. The van der Waals surface area contributed by atoms with Gasteiger partial charge in [-0.1, -0.05) is 42.5 Å². The summed E-state index contributed by atoms with van der Waals surface area (Å²) in [5.74, 6) is 0.728. The van der Waals surface area contributed by atoms with Crippen LogP contribution >= 0.6 is 0 Å². The largest absolute Gasteiger partial charge is 0.356 e. The summed E-state index contributed by atoms with van der Waals surface area (Å²) in [7, 11) is -0.0790. The molecule has 0 aliphatic rings. The lowest BCUT2D eigenvalue weighted by Gasteiger charge is -2.13. The van der Waals surface area contributed by atoms with E-state index < -0.39 is 10.0 Å². The van der Waals surface area contributed by atoms with Crippen LogP contribution in [0, 0.1) is 0 Å². The van der Waals surface area contributed by atoms with E-state index in [4.69, 9.17) is 0 Å². The number of benzene rings is 2. The minimum absolute atomic E-state index is 0.0168. The number of hydrogen-bond donors (Lipinski definition) is 3. The van der Waals surface area contributed by atoms with Gasteiger partial charge in [-0.25, -0.2) is 13.1 Å². The number of rotatable bonds is 9. The van der Waals surface area contributed by atoms with Gasteiger partial charge in [-0.05, 0) is 42.1 Å². The molecular weight excluding hydrogens is 398 g/mol.